The maximum absolute atomic E-state index is 15.0. The van der Waals surface area contributed by atoms with Gasteiger partial charge in [-0.3, -0.25) is 4.57 Å². The Morgan fingerprint density at radius 2 is 1.92 bits per heavy atom. The van der Waals surface area contributed by atoms with Crippen molar-refractivity contribution < 1.29 is 8.78 Å². The summed E-state index contributed by atoms with van der Waals surface area (Å²) in [5.41, 5.74) is -0.278. The Labute approximate surface area is 150 Å². The third-order valence-electron chi connectivity index (χ3n) is 5.61. The number of aromatic nitrogens is 2. The molecular weight excluding hydrogens is 340 g/mol. The number of rotatable bonds is 0. The Bertz CT molecular complexity index is 957. The maximum Gasteiger partial charge on any atom is 0.349 e. The fraction of sp³-hybridized carbons (Fsp3) is 0.556. The molecule has 0 aliphatic carbocycles. The number of benzene rings is 1. The minimum Gasteiger partial charge on any atom is -0.382 e. The monoisotopic (exact) mass is 363 g/mol. The lowest BCUT2D eigenvalue weighted by atomic mass is 9.99. The molecule has 2 aromatic rings. The summed E-state index contributed by atoms with van der Waals surface area (Å²) in [7, 11) is 3.53. The van der Waals surface area contributed by atoms with Gasteiger partial charge in [0.15, 0.2) is 11.6 Å². The first-order valence-corrected chi connectivity index (χ1v) is 8.90. The number of nitrogens with zero attached hydrogens (tertiary/aromatic N) is 4. The van der Waals surface area contributed by atoms with E-state index in [-0.39, 0.29) is 28.9 Å². The number of hydrogen-bond donors (Lipinski definition) is 1. The highest BCUT2D eigenvalue weighted by molar-refractivity contribution is 6.01. The number of fused-ring (bicyclic) bond motifs is 2. The summed E-state index contributed by atoms with van der Waals surface area (Å²) in [5, 5.41) is 3.49. The summed E-state index contributed by atoms with van der Waals surface area (Å²) < 4.78 is 31.0. The smallest absolute Gasteiger partial charge is 0.349 e. The molecule has 26 heavy (non-hydrogen) atoms. The molecule has 1 aromatic heterocycles. The summed E-state index contributed by atoms with van der Waals surface area (Å²) in [6.45, 7) is 5.64. The molecule has 4 rings (SSSR count). The zero-order valence-corrected chi connectivity index (χ0v) is 15.4. The van der Waals surface area contributed by atoms with Crippen LogP contribution >= 0.6 is 0 Å². The molecular formula is C18H23F2N5O. The average molecular weight is 363 g/mol. The lowest BCUT2D eigenvalue weighted by Crippen LogP contribution is -2.58. The Morgan fingerprint density at radius 3 is 2.65 bits per heavy atom. The zero-order chi connectivity index (χ0) is 18.7. The molecule has 0 amide bonds. The van der Waals surface area contributed by atoms with Crippen LogP contribution in [0.5, 0.6) is 0 Å². The van der Waals surface area contributed by atoms with Gasteiger partial charge in [0, 0.05) is 44.3 Å². The molecule has 0 bridgehead atoms. The van der Waals surface area contributed by atoms with E-state index < -0.39 is 17.3 Å². The molecule has 0 spiro atoms. The zero-order valence-electron chi connectivity index (χ0n) is 15.4. The highest BCUT2D eigenvalue weighted by Gasteiger charge is 2.36. The molecule has 1 fully saturated rings. The summed E-state index contributed by atoms with van der Waals surface area (Å²) in [6.07, 6.45) is 0.780. The van der Waals surface area contributed by atoms with Gasteiger partial charge in [-0.05, 0) is 27.3 Å². The number of halogens is 2. The standard InChI is InChI=1S/C18H23F2N5O/c1-9-7-23(3)8-11-5-6-21-15-12-16(14(20)10(2)13(15)19)24(4)18(26)22-17(12)25(9)11/h9,11,21H,5-8H2,1-4H3. The Kier molecular flexibility index (Phi) is 3.91. The van der Waals surface area contributed by atoms with Crippen LogP contribution in [0.25, 0.3) is 10.9 Å². The van der Waals surface area contributed by atoms with Crippen LogP contribution in [-0.4, -0.2) is 53.2 Å². The minimum atomic E-state index is -0.704. The Balaban J connectivity index is 2.12. The van der Waals surface area contributed by atoms with E-state index in [0.717, 1.165) is 19.5 Å². The lowest BCUT2D eigenvalue weighted by molar-refractivity contribution is 0.227. The molecule has 2 atom stereocenters. The summed E-state index contributed by atoms with van der Waals surface area (Å²) in [4.78, 5) is 21.0. The van der Waals surface area contributed by atoms with Crippen LogP contribution in [-0.2, 0) is 7.05 Å². The Morgan fingerprint density at radius 1 is 1.19 bits per heavy atom. The van der Waals surface area contributed by atoms with Gasteiger partial charge < -0.3 is 15.1 Å². The molecule has 1 saturated heterocycles. The summed E-state index contributed by atoms with van der Waals surface area (Å²) in [6, 6.07) is 0.208. The van der Waals surface area contributed by atoms with Crippen molar-refractivity contribution in [3.8, 4) is 0 Å². The normalized spacial score (nSPS) is 23.4. The average Bonchev–Trinajstić information content (AvgIpc) is 2.56. The summed E-state index contributed by atoms with van der Waals surface area (Å²) in [5.74, 6) is -0.934. The first-order chi connectivity index (χ1) is 12.3. The van der Waals surface area contributed by atoms with Crippen molar-refractivity contribution in [2.24, 2.45) is 7.05 Å². The number of piperazine rings is 1. The van der Waals surface area contributed by atoms with Gasteiger partial charge in [-0.15, -0.1) is 0 Å². The van der Waals surface area contributed by atoms with Crippen molar-refractivity contribution in [1.29, 1.82) is 0 Å². The summed E-state index contributed by atoms with van der Waals surface area (Å²) >= 11 is 0. The van der Waals surface area contributed by atoms with Crippen LogP contribution < -0.4 is 15.9 Å². The van der Waals surface area contributed by atoms with E-state index in [0.29, 0.717) is 17.7 Å². The molecule has 2 aliphatic heterocycles. The number of anilines is 2. The molecule has 2 aliphatic rings. The second-order valence-electron chi connectivity index (χ2n) is 7.48. The number of likely N-dealkylation sites (N-methyl/N-ethyl adjacent to an activating group) is 1. The second kappa shape index (κ2) is 5.90. The van der Waals surface area contributed by atoms with E-state index in [4.69, 9.17) is 0 Å². The minimum absolute atomic E-state index is 0.0833. The van der Waals surface area contributed by atoms with E-state index >= 15 is 0 Å². The SMILES string of the molecule is Cc1c(F)c2c3c(nc(=O)n(C)c3c1F)N1C(C)CN(C)CC1CCN2. The highest BCUT2D eigenvalue weighted by atomic mass is 19.1. The lowest BCUT2D eigenvalue weighted by Gasteiger charge is -2.46. The van der Waals surface area contributed by atoms with Gasteiger partial charge in [-0.1, -0.05) is 0 Å². The molecule has 6 nitrogen and oxygen atoms in total. The largest absolute Gasteiger partial charge is 0.382 e. The van der Waals surface area contributed by atoms with Gasteiger partial charge in [-0.2, -0.15) is 4.98 Å². The Hall–Kier alpha value is -2.22. The van der Waals surface area contributed by atoms with Gasteiger partial charge in [-0.25, -0.2) is 13.6 Å². The van der Waals surface area contributed by atoms with Crippen LogP contribution in [0, 0.1) is 18.6 Å². The predicted octanol–water partition coefficient (Wildman–Crippen LogP) is 1.84. The predicted molar refractivity (Wildman–Crippen MR) is 98.0 cm³/mol. The van der Waals surface area contributed by atoms with Crippen LogP contribution in [0.4, 0.5) is 20.3 Å². The molecule has 1 N–H and O–H groups in total. The maximum atomic E-state index is 15.0. The van der Waals surface area contributed by atoms with Crippen LogP contribution in [0.15, 0.2) is 4.79 Å². The van der Waals surface area contributed by atoms with Crippen molar-refractivity contribution in [2.45, 2.75) is 32.4 Å². The highest BCUT2D eigenvalue weighted by Crippen LogP contribution is 2.39. The van der Waals surface area contributed by atoms with Crippen molar-refractivity contribution in [1.82, 2.24) is 14.5 Å². The van der Waals surface area contributed by atoms with Crippen molar-refractivity contribution >= 4 is 22.4 Å². The third-order valence-corrected chi connectivity index (χ3v) is 5.61. The fourth-order valence-corrected chi connectivity index (χ4v) is 4.40. The molecule has 3 heterocycles. The second-order valence-corrected chi connectivity index (χ2v) is 7.48. The molecule has 8 heteroatoms. The molecule has 1 aromatic carbocycles. The molecule has 0 radical (unpaired) electrons. The van der Waals surface area contributed by atoms with Gasteiger partial charge in [0.1, 0.15) is 5.82 Å². The van der Waals surface area contributed by atoms with E-state index in [2.05, 4.69) is 34.1 Å². The van der Waals surface area contributed by atoms with E-state index in [1.807, 2.05) is 0 Å². The van der Waals surface area contributed by atoms with Crippen LogP contribution in [0.1, 0.15) is 18.9 Å². The van der Waals surface area contributed by atoms with Crippen molar-refractivity contribution in [3.05, 3.63) is 27.7 Å². The first-order valence-electron chi connectivity index (χ1n) is 8.90. The number of hydrogen-bond acceptors (Lipinski definition) is 5. The number of nitrogens with one attached hydrogen (secondary N) is 1. The van der Waals surface area contributed by atoms with E-state index in [1.54, 1.807) is 0 Å². The van der Waals surface area contributed by atoms with Gasteiger partial charge in [0.25, 0.3) is 0 Å². The van der Waals surface area contributed by atoms with Crippen LogP contribution in [0.2, 0.25) is 0 Å². The van der Waals surface area contributed by atoms with Gasteiger partial charge in [0.05, 0.1) is 16.6 Å². The topological polar surface area (TPSA) is 53.4 Å². The fourth-order valence-electron chi connectivity index (χ4n) is 4.40. The van der Waals surface area contributed by atoms with Gasteiger partial charge in [0.2, 0.25) is 0 Å². The quantitative estimate of drug-likeness (QED) is 0.774. The van der Waals surface area contributed by atoms with E-state index in [1.165, 1.54) is 18.5 Å². The van der Waals surface area contributed by atoms with Crippen molar-refractivity contribution in [2.75, 3.05) is 36.9 Å². The first kappa shape index (κ1) is 17.2. The molecule has 140 valence electrons. The van der Waals surface area contributed by atoms with E-state index in [9.17, 15) is 13.6 Å². The third kappa shape index (κ3) is 2.31. The molecule has 0 saturated carbocycles. The van der Waals surface area contributed by atoms with Gasteiger partial charge >= 0.3 is 5.69 Å². The van der Waals surface area contributed by atoms with Crippen LogP contribution in [0.3, 0.4) is 0 Å². The number of aryl methyl sites for hydroxylation is 1. The molecule has 2 unspecified atom stereocenters. The van der Waals surface area contributed by atoms with Crippen molar-refractivity contribution in [3.63, 3.8) is 0 Å².